The highest BCUT2D eigenvalue weighted by Gasteiger charge is 2.45. The smallest absolute Gasteiger partial charge is 0.282 e. The highest BCUT2D eigenvalue weighted by molar-refractivity contribution is 5.93. The van der Waals surface area contributed by atoms with Crippen LogP contribution in [0.1, 0.15) is 53.9 Å². The first-order valence-electron chi connectivity index (χ1n) is 10.3. The Morgan fingerprint density at radius 3 is 2.67 bits per heavy atom. The van der Waals surface area contributed by atoms with Crippen molar-refractivity contribution in [2.24, 2.45) is 11.8 Å². The first-order chi connectivity index (χ1) is 14.4. The van der Waals surface area contributed by atoms with E-state index in [-0.39, 0.29) is 42.5 Å². The van der Waals surface area contributed by atoms with Gasteiger partial charge in [-0.25, -0.2) is 13.8 Å². The second kappa shape index (κ2) is 7.17. The van der Waals surface area contributed by atoms with Crippen molar-refractivity contribution >= 4 is 11.6 Å². The van der Waals surface area contributed by atoms with E-state index in [2.05, 4.69) is 20.4 Å². The molecule has 3 fully saturated rings. The maximum atomic E-state index is 13.3. The standard InChI is InChI=1S/C20H23F2N5O3/c1-11-23-17(26-30-11)16(13-4-5-13)25-18(28)14-6-7-15(27-9-20(21,22)10-27)19(24-14)29-8-12-2-3-12/h6-7,12-13,16H,2-5,8-10H2,1H3,(H,25,28). The Bertz CT molecular complexity index is 950. The Hall–Kier alpha value is -2.78. The molecule has 1 saturated heterocycles. The van der Waals surface area contributed by atoms with Gasteiger partial charge >= 0.3 is 0 Å². The van der Waals surface area contributed by atoms with Gasteiger partial charge in [-0.15, -0.1) is 0 Å². The highest BCUT2D eigenvalue weighted by Crippen LogP contribution is 2.41. The minimum Gasteiger partial charge on any atom is -0.476 e. The molecule has 1 atom stereocenters. The second-order valence-corrected chi connectivity index (χ2v) is 8.45. The molecule has 1 amide bonds. The zero-order valence-electron chi connectivity index (χ0n) is 16.6. The fourth-order valence-corrected chi connectivity index (χ4v) is 3.55. The third-order valence-corrected chi connectivity index (χ3v) is 5.61. The fourth-order valence-electron chi connectivity index (χ4n) is 3.55. The number of anilines is 1. The number of aryl methyl sites for hydroxylation is 1. The van der Waals surface area contributed by atoms with Gasteiger partial charge in [0.15, 0.2) is 5.82 Å². The van der Waals surface area contributed by atoms with Crippen LogP contribution in [0, 0.1) is 18.8 Å². The van der Waals surface area contributed by atoms with Crippen LogP contribution in [-0.2, 0) is 0 Å². The van der Waals surface area contributed by atoms with Gasteiger partial charge < -0.3 is 19.5 Å². The van der Waals surface area contributed by atoms with Crippen LogP contribution in [0.4, 0.5) is 14.5 Å². The number of nitrogens with zero attached hydrogens (tertiary/aromatic N) is 4. The lowest BCUT2D eigenvalue weighted by atomic mass is 10.1. The monoisotopic (exact) mass is 419 g/mol. The molecule has 5 rings (SSSR count). The largest absolute Gasteiger partial charge is 0.476 e. The summed E-state index contributed by atoms with van der Waals surface area (Å²) in [7, 11) is 0. The van der Waals surface area contributed by atoms with Gasteiger partial charge in [-0.2, -0.15) is 4.98 Å². The summed E-state index contributed by atoms with van der Waals surface area (Å²) >= 11 is 0. The average Bonchev–Trinajstić information content (AvgIpc) is 3.61. The third-order valence-electron chi connectivity index (χ3n) is 5.61. The summed E-state index contributed by atoms with van der Waals surface area (Å²) < 4.78 is 37.5. The minimum atomic E-state index is -2.70. The maximum Gasteiger partial charge on any atom is 0.282 e. The normalized spacial score (nSPS) is 21.1. The van der Waals surface area contributed by atoms with E-state index in [0.717, 1.165) is 25.7 Å². The Labute approximate surface area is 172 Å². The van der Waals surface area contributed by atoms with Crippen LogP contribution in [0.2, 0.25) is 0 Å². The van der Waals surface area contributed by atoms with Crippen molar-refractivity contribution in [1.29, 1.82) is 0 Å². The predicted octanol–water partition coefficient (Wildman–Crippen LogP) is 2.90. The van der Waals surface area contributed by atoms with Crippen LogP contribution in [0.15, 0.2) is 16.7 Å². The lowest BCUT2D eigenvalue weighted by Crippen LogP contribution is -2.56. The molecule has 2 saturated carbocycles. The second-order valence-electron chi connectivity index (χ2n) is 8.45. The lowest BCUT2D eigenvalue weighted by molar-refractivity contribution is -0.0265. The average molecular weight is 419 g/mol. The molecule has 0 aromatic carbocycles. The molecule has 2 aromatic rings. The first kappa shape index (κ1) is 19.2. The number of nitrogens with one attached hydrogen (secondary N) is 1. The van der Waals surface area contributed by atoms with E-state index in [1.165, 1.54) is 11.0 Å². The van der Waals surface area contributed by atoms with Gasteiger partial charge in [0.05, 0.1) is 25.7 Å². The predicted molar refractivity (Wildman–Crippen MR) is 102 cm³/mol. The molecule has 160 valence electrons. The quantitative estimate of drug-likeness (QED) is 0.703. The van der Waals surface area contributed by atoms with E-state index in [4.69, 9.17) is 9.26 Å². The Morgan fingerprint density at radius 1 is 1.30 bits per heavy atom. The maximum absolute atomic E-state index is 13.3. The number of ether oxygens (including phenoxy) is 1. The molecular weight excluding hydrogens is 396 g/mol. The number of hydrogen-bond donors (Lipinski definition) is 1. The van der Waals surface area contributed by atoms with Gasteiger partial charge in [-0.3, -0.25) is 4.79 Å². The van der Waals surface area contributed by atoms with Crippen molar-refractivity contribution in [2.75, 3.05) is 24.6 Å². The molecule has 1 unspecified atom stereocenters. The van der Waals surface area contributed by atoms with Crippen LogP contribution in [-0.4, -0.2) is 46.7 Å². The van der Waals surface area contributed by atoms with Gasteiger partial charge in [-0.1, -0.05) is 5.16 Å². The van der Waals surface area contributed by atoms with Crippen molar-refractivity contribution in [1.82, 2.24) is 20.4 Å². The van der Waals surface area contributed by atoms with Crippen molar-refractivity contribution < 1.29 is 22.8 Å². The molecule has 8 nitrogen and oxygen atoms in total. The lowest BCUT2D eigenvalue weighted by Gasteiger charge is -2.40. The molecule has 10 heteroatoms. The number of pyridine rings is 1. The fraction of sp³-hybridized carbons (Fsp3) is 0.600. The molecule has 3 heterocycles. The van der Waals surface area contributed by atoms with Crippen LogP contribution < -0.4 is 15.0 Å². The van der Waals surface area contributed by atoms with E-state index < -0.39 is 5.92 Å². The summed E-state index contributed by atoms with van der Waals surface area (Å²) in [5.74, 6) is -1.24. The Morgan fingerprint density at radius 2 is 2.07 bits per heavy atom. The van der Waals surface area contributed by atoms with Gasteiger partial charge in [0.2, 0.25) is 11.8 Å². The number of halogens is 2. The minimum absolute atomic E-state index is 0.169. The van der Waals surface area contributed by atoms with Crippen LogP contribution in [0.3, 0.4) is 0 Å². The number of carbonyl (C=O) groups is 1. The topological polar surface area (TPSA) is 93.4 Å². The molecule has 2 aromatic heterocycles. The molecular formula is C20H23F2N5O3. The number of aromatic nitrogens is 3. The van der Waals surface area contributed by atoms with Gasteiger partial charge in [0, 0.05) is 6.92 Å². The highest BCUT2D eigenvalue weighted by atomic mass is 19.3. The number of hydrogen-bond acceptors (Lipinski definition) is 7. The summed E-state index contributed by atoms with van der Waals surface area (Å²) in [6, 6.07) is 2.82. The van der Waals surface area contributed by atoms with E-state index >= 15 is 0 Å². The summed E-state index contributed by atoms with van der Waals surface area (Å²) in [5, 5.41) is 6.89. The summed E-state index contributed by atoms with van der Waals surface area (Å²) in [6.45, 7) is 1.43. The Balaban J connectivity index is 1.34. The van der Waals surface area contributed by atoms with Crippen LogP contribution in [0.25, 0.3) is 0 Å². The zero-order valence-corrected chi connectivity index (χ0v) is 16.6. The zero-order chi connectivity index (χ0) is 20.9. The number of alkyl halides is 2. The van der Waals surface area contributed by atoms with E-state index in [0.29, 0.717) is 29.9 Å². The molecule has 0 spiro atoms. The molecule has 0 radical (unpaired) electrons. The molecule has 0 bridgehead atoms. The van der Waals surface area contributed by atoms with Gasteiger partial charge in [-0.05, 0) is 49.7 Å². The van der Waals surface area contributed by atoms with Gasteiger partial charge in [0.1, 0.15) is 11.4 Å². The summed E-state index contributed by atoms with van der Waals surface area (Å²) in [6.07, 6.45) is 4.13. The molecule has 1 aliphatic heterocycles. The summed E-state index contributed by atoms with van der Waals surface area (Å²) in [4.78, 5) is 23.0. The number of carbonyl (C=O) groups excluding carboxylic acids is 1. The van der Waals surface area contributed by atoms with Crippen molar-refractivity contribution in [3.63, 3.8) is 0 Å². The van der Waals surface area contributed by atoms with Crippen molar-refractivity contribution in [3.8, 4) is 5.88 Å². The molecule has 1 N–H and O–H groups in total. The first-order valence-corrected chi connectivity index (χ1v) is 10.3. The van der Waals surface area contributed by atoms with Crippen LogP contribution >= 0.6 is 0 Å². The molecule has 2 aliphatic carbocycles. The SMILES string of the molecule is Cc1nc(C(NC(=O)c2ccc(N3CC(F)(F)C3)c(OCC3CC3)n2)C2CC2)no1. The number of rotatable bonds is 8. The van der Waals surface area contributed by atoms with E-state index in [1.54, 1.807) is 13.0 Å². The van der Waals surface area contributed by atoms with Gasteiger partial charge in [0.25, 0.3) is 11.8 Å². The van der Waals surface area contributed by atoms with Crippen molar-refractivity contribution in [2.45, 2.75) is 44.6 Å². The van der Waals surface area contributed by atoms with E-state index in [1.807, 2.05) is 0 Å². The number of amides is 1. The third kappa shape index (κ3) is 4.08. The van der Waals surface area contributed by atoms with Crippen LogP contribution in [0.5, 0.6) is 5.88 Å². The molecule has 3 aliphatic rings. The van der Waals surface area contributed by atoms with Crippen molar-refractivity contribution in [3.05, 3.63) is 29.5 Å². The van der Waals surface area contributed by atoms with E-state index in [9.17, 15) is 13.6 Å². The Kier molecular flexibility index (Phi) is 4.59. The molecule has 30 heavy (non-hydrogen) atoms. The summed E-state index contributed by atoms with van der Waals surface area (Å²) in [5.41, 5.74) is 0.661.